The van der Waals surface area contributed by atoms with Crippen molar-refractivity contribution in [3.63, 3.8) is 0 Å². The lowest BCUT2D eigenvalue weighted by molar-refractivity contribution is 0.0436. The molecule has 0 aliphatic heterocycles. The number of aryl methyl sites for hydroxylation is 1. The molecule has 0 spiro atoms. The van der Waals surface area contributed by atoms with Crippen molar-refractivity contribution in [2.75, 3.05) is 6.61 Å². The molecule has 2 aromatic rings. The van der Waals surface area contributed by atoms with Crippen molar-refractivity contribution >= 4 is 11.9 Å². The van der Waals surface area contributed by atoms with Crippen LogP contribution in [0.15, 0.2) is 48.5 Å². The predicted octanol–water partition coefficient (Wildman–Crippen LogP) is 5.87. The fourth-order valence-electron chi connectivity index (χ4n) is 2.96. The molecule has 0 unspecified atom stereocenters. The third-order valence-corrected chi connectivity index (χ3v) is 4.72. The first kappa shape index (κ1) is 21.7. The van der Waals surface area contributed by atoms with E-state index >= 15 is 0 Å². The standard InChI is InChI=1S/C24H30O4/c1-3-4-5-6-7-12-17-27-23(25)21-15-10-11-16-22(21)24(26)28-18-20-14-9-8-13-19(20)2/h8-11,13-16H,3-7,12,17-18H2,1-2H3. The molecule has 2 aromatic carbocycles. The van der Waals surface area contributed by atoms with Gasteiger partial charge in [0.05, 0.1) is 17.7 Å². The smallest absolute Gasteiger partial charge is 0.339 e. The van der Waals surface area contributed by atoms with Crippen LogP contribution in [0.5, 0.6) is 0 Å². The summed E-state index contributed by atoms with van der Waals surface area (Å²) < 4.78 is 10.8. The summed E-state index contributed by atoms with van der Waals surface area (Å²) in [5.74, 6) is -0.993. The Bertz CT molecular complexity index is 767. The highest BCUT2D eigenvalue weighted by atomic mass is 16.5. The Kier molecular flexibility index (Phi) is 9.26. The first-order chi connectivity index (χ1) is 13.6. The largest absolute Gasteiger partial charge is 0.462 e. The second kappa shape index (κ2) is 12.0. The van der Waals surface area contributed by atoms with Crippen LogP contribution in [0.4, 0.5) is 0 Å². The molecule has 0 saturated heterocycles. The Morgan fingerprint density at radius 1 is 0.750 bits per heavy atom. The average molecular weight is 383 g/mol. The van der Waals surface area contributed by atoms with E-state index in [9.17, 15) is 9.59 Å². The first-order valence-electron chi connectivity index (χ1n) is 10.1. The first-order valence-corrected chi connectivity index (χ1v) is 10.1. The fourth-order valence-corrected chi connectivity index (χ4v) is 2.96. The minimum Gasteiger partial charge on any atom is -0.462 e. The molecule has 2 rings (SSSR count). The molecule has 28 heavy (non-hydrogen) atoms. The van der Waals surface area contributed by atoms with Crippen molar-refractivity contribution in [3.8, 4) is 0 Å². The third-order valence-electron chi connectivity index (χ3n) is 4.72. The van der Waals surface area contributed by atoms with Crippen LogP contribution in [-0.4, -0.2) is 18.5 Å². The van der Waals surface area contributed by atoms with Crippen LogP contribution in [0.3, 0.4) is 0 Å². The molecule has 0 fully saturated rings. The maximum Gasteiger partial charge on any atom is 0.339 e. The second-order valence-electron chi connectivity index (χ2n) is 6.95. The zero-order valence-corrected chi connectivity index (χ0v) is 16.9. The van der Waals surface area contributed by atoms with Gasteiger partial charge in [0, 0.05) is 0 Å². The maximum atomic E-state index is 12.5. The van der Waals surface area contributed by atoms with Gasteiger partial charge in [0.2, 0.25) is 0 Å². The second-order valence-corrected chi connectivity index (χ2v) is 6.95. The van der Waals surface area contributed by atoms with Crippen LogP contribution in [0, 0.1) is 6.92 Å². The highest BCUT2D eigenvalue weighted by Crippen LogP contribution is 2.15. The van der Waals surface area contributed by atoms with Gasteiger partial charge < -0.3 is 9.47 Å². The molecule has 0 aliphatic rings. The monoisotopic (exact) mass is 382 g/mol. The summed E-state index contributed by atoms with van der Waals surface area (Å²) >= 11 is 0. The topological polar surface area (TPSA) is 52.6 Å². The number of benzene rings is 2. The van der Waals surface area contributed by atoms with E-state index in [1.807, 2.05) is 31.2 Å². The highest BCUT2D eigenvalue weighted by molar-refractivity contribution is 6.03. The van der Waals surface area contributed by atoms with Gasteiger partial charge in [-0.25, -0.2) is 9.59 Å². The van der Waals surface area contributed by atoms with Gasteiger partial charge in [-0.15, -0.1) is 0 Å². The molecule has 0 saturated carbocycles. The van der Waals surface area contributed by atoms with Crippen LogP contribution in [0.1, 0.15) is 77.3 Å². The number of ether oxygens (including phenoxy) is 2. The zero-order chi connectivity index (χ0) is 20.2. The molecule has 0 bridgehead atoms. The van der Waals surface area contributed by atoms with Crippen molar-refractivity contribution in [1.29, 1.82) is 0 Å². The molecule has 0 N–H and O–H groups in total. The summed E-state index contributed by atoms with van der Waals surface area (Å²) in [6.07, 6.45) is 6.74. The normalized spacial score (nSPS) is 10.5. The van der Waals surface area contributed by atoms with Gasteiger partial charge >= 0.3 is 11.9 Å². The summed E-state index contributed by atoms with van der Waals surface area (Å²) in [5.41, 5.74) is 2.49. The Labute approximate surface area is 167 Å². The van der Waals surface area contributed by atoms with Gasteiger partial charge in [0.1, 0.15) is 6.61 Å². The number of unbranched alkanes of at least 4 members (excludes halogenated alkanes) is 5. The molecule has 150 valence electrons. The van der Waals surface area contributed by atoms with E-state index < -0.39 is 11.9 Å². The Morgan fingerprint density at radius 3 is 2.00 bits per heavy atom. The molecule has 0 radical (unpaired) electrons. The quantitative estimate of drug-likeness (QED) is 0.360. The van der Waals surface area contributed by atoms with E-state index in [0.717, 1.165) is 30.4 Å². The number of carbonyl (C=O) groups excluding carboxylic acids is 2. The summed E-state index contributed by atoms with van der Waals surface area (Å²) in [4.78, 5) is 24.9. The predicted molar refractivity (Wildman–Crippen MR) is 110 cm³/mol. The van der Waals surface area contributed by atoms with Gasteiger partial charge in [0.15, 0.2) is 0 Å². The zero-order valence-electron chi connectivity index (χ0n) is 16.9. The van der Waals surface area contributed by atoms with Crippen LogP contribution >= 0.6 is 0 Å². The Hall–Kier alpha value is -2.62. The number of rotatable bonds is 11. The van der Waals surface area contributed by atoms with Crippen LogP contribution in [0.25, 0.3) is 0 Å². The van der Waals surface area contributed by atoms with E-state index in [4.69, 9.17) is 9.47 Å². The van der Waals surface area contributed by atoms with Gasteiger partial charge in [-0.05, 0) is 36.6 Å². The average Bonchev–Trinajstić information content (AvgIpc) is 2.72. The van der Waals surface area contributed by atoms with E-state index in [-0.39, 0.29) is 17.7 Å². The molecule has 0 aliphatic carbocycles. The lowest BCUT2D eigenvalue weighted by atomic mass is 10.1. The SMILES string of the molecule is CCCCCCCCOC(=O)c1ccccc1C(=O)OCc1ccccc1C. The Morgan fingerprint density at radius 2 is 1.32 bits per heavy atom. The van der Waals surface area contributed by atoms with Crippen LogP contribution in [-0.2, 0) is 16.1 Å². The number of carbonyl (C=O) groups is 2. The molecule has 4 heteroatoms. The van der Waals surface area contributed by atoms with Crippen molar-refractivity contribution < 1.29 is 19.1 Å². The van der Waals surface area contributed by atoms with E-state index in [0.29, 0.717) is 6.61 Å². The highest BCUT2D eigenvalue weighted by Gasteiger charge is 2.19. The minimum atomic E-state index is -0.518. The fraction of sp³-hybridized carbons (Fsp3) is 0.417. The van der Waals surface area contributed by atoms with E-state index in [2.05, 4.69) is 6.92 Å². The van der Waals surface area contributed by atoms with Crippen molar-refractivity contribution in [3.05, 3.63) is 70.8 Å². The van der Waals surface area contributed by atoms with Gasteiger partial charge in [0.25, 0.3) is 0 Å². The maximum absolute atomic E-state index is 12.5. The molecule has 0 heterocycles. The molecular weight excluding hydrogens is 352 g/mol. The Balaban J connectivity index is 1.87. The van der Waals surface area contributed by atoms with E-state index in [1.54, 1.807) is 24.3 Å². The lowest BCUT2D eigenvalue weighted by Crippen LogP contribution is -2.14. The number of hydrogen-bond donors (Lipinski definition) is 0. The van der Waals surface area contributed by atoms with Crippen molar-refractivity contribution in [2.24, 2.45) is 0 Å². The number of esters is 2. The molecule has 0 atom stereocenters. The summed E-state index contributed by atoms with van der Waals surface area (Å²) in [7, 11) is 0. The molecule has 4 nitrogen and oxygen atoms in total. The number of hydrogen-bond acceptors (Lipinski definition) is 4. The van der Waals surface area contributed by atoms with Gasteiger partial charge in [-0.3, -0.25) is 0 Å². The molecule has 0 amide bonds. The van der Waals surface area contributed by atoms with Crippen molar-refractivity contribution in [1.82, 2.24) is 0 Å². The minimum absolute atomic E-state index is 0.173. The summed E-state index contributed by atoms with van der Waals surface area (Å²) in [5, 5.41) is 0. The van der Waals surface area contributed by atoms with E-state index in [1.165, 1.54) is 19.3 Å². The summed E-state index contributed by atoms with van der Waals surface area (Å²) in [6, 6.07) is 14.4. The van der Waals surface area contributed by atoms with Crippen molar-refractivity contribution in [2.45, 2.75) is 59.0 Å². The van der Waals surface area contributed by atoms with Gasteiger partial charge in [-0.2, -0.15) is 0 Å². The molecule has 0 aromatic heterocycles. The lowest BCUT2D eigenvalue weighted by Gasteiger charge is -2.11. The third kappa shape index (κ3) is 6.84. The van der Waals surface area contributed by atoms with Crippen LogP contribution < -0.4 is 0 Å². The van der Waals surface area contributed by atoms with Crippen LogP contribution in [0.2, 0.25) is 0 Å². The van der Waals surface area contributed by atoms with Gasteiger partial charge in [-0.1, -0.05) is 75.4 Å². The molecular formula is C24H30O4. The summed E-state index contributed by atoms with van der Waals surface area (Å²) in [6.45, 7) is 4.70.